The lowest BCUT2D eigenvalue weighted by atomic mass is 9.81. The molecule has 0 saturated heterocycles. The summed E-state index contributed by atoms with van der Waals surface area (Å²) in [5.41, 5.74) is 0. The first-order valence-corrected chi connectivity index (χ1v) is 6.89. The van der Waals surface area contributed by atoms with Crippen molar-refractivity contribution in [3.05, 3.63) is 0 Å². The highest BCUT2D eigenvalue weighted by Crippen LogP contribution is 2.40. The van der Waals surface area contributed by atoms with E-state index in [1.54, 1.807) is 11.8 Å². The van der Waals surface area contributed by atoms with Crippen LogP contribution in [0, 0.1) is 5.92 Å². The Bertz CT molecular complexity index is 313. The van der Waals surface area contributed by atoms with Crippen molar-refractivity contribution in [3.8, 4) is 0 Å². The number of hydrogen-bond acceptors (Lipinski definition) is 6. The van der Waals surface area contributed by atoms with Gasteiger partial charge < -0.3 is 20.2 Å². The molecule has 2 rings (SSSR count). The van der Waals surface area contributed by atoms with Gasteiger partial charge in [0, 0.05) is 31.4 Å². The number of aliphatic imine (C=N–C) groups is 1. The summed E-state index contributed by atoms with van der Waals surface area (Å²) in [6.45, 7) is 2.83. The summed E-state index contributed by atoms with van der Waals surface area (Å²) in [5, 5.41) is 30.2. The van der Waals surface area contributed by atoms with Gasteiger partial charge in [-0.2, -0.15) is 0 Å². The molecular weight excluding hydrogens is 240 g/mol. The molecule has 0 unspecified atom stereocenters. The minimum absolute atomic E-state index is 0.0824. The van der Waals surface area contributed by atoms with Gasteiger partial charge in [0.2, 0.25) is 0 Å². The molecule has 1 heterocycles. The molecule has 6 heteroatoms. The van der Waals surface area contributed by atoms with Crippen LogP contribution in [0.1, 0.15) is 13.3 Å². The average molecular weight is 260 g/mol. The van der Waals surface area contributed by atoms with Crippen molar-refractivity contribution in [3.63, 3.8) is 0 Å². The summed E-state index contributed by atoms with van der Waals surface area (Å²) in [5.74, 6) is -0.236. The zero-order valence-corrected chi connectivity index (χ0v) is 11.0. The predicted octanol–water partition coefficient (Wildman–Crippen LogP) is -0.488. The van der Waals surface area contributed by atoms with E-state index in [-0.39, 0.29) is 23.8 Å². The van der Waals surface area contributed by atoms with Crippen LogP contribution in [0.5, 0.6) is 0 Å². The third-order valence-electron chi connectivity index (χ3n) is 3.65. The first-order chi connectivity index (χ1) is 8.08. The monoisotopic (exact) mass is 260 g/mol. The molecule has 0 bridgehead atoms. The Kier molecular flexibility index (Phi) is 3.97. The molecule has 0 aromatic carbocycles. The Morgan fingerprint density at radius 2 is 2.12 bits per heavy atom. The molecule has 0 aromatic rings. The van der Waals surface area contributed by atoms with Crippen LogP contribution in [-0.2, 0) is 0 Å². The van der Waals surface area contributed by atoms with Crippen molar-refractivity contribution < 1.29 is 15.3 Å². The van der Waals surface area contributed by atoms with E-state index in [2.05, 4.69) is 4.99 Å². The summed E-state index contributed by atoms with van der Waals surface area (Å²) in [6, 6.07) is -0.234. The number of nitrogens with zero attached hydrogens (tertiary/aromatic N) is 2. The quantitative estimate of drug-likeness (QED) is 0.625. The van der Waals surface area contributed by atoms with Crippen molar-refractivity contribution in [2.24, 2.45) is 10.9 Å². The van der Waals surface area contributed by atoms with Crippen molar-refractivity contribution in [2.45, 2.75) is 36.8 Å². The highest BCUT2D eigenvalue weighted by atomic mass is 32.2. The lowest BCUT2D eigenvalue weighted by molar-refractivity contribution is -0.0646. The molecule has 1 aliphatic carbocycles. The number of aliphatic hydroxyl groups is 3. The van der Waals surface area contributed by atoms with Crippen LogP contribution in [0.2, 0.25) is 0 Å². The lowest BCUT2D eigenvalue weighted by Crippen LogP contribution is -2.51. The van der Waals surface area contributed by atoms with Crippen LogP contribution in [0.25, 0.3) is 0 Å². The van der Waals surface area contributed by atoms with Crippen LogP contribution in [0.4, 0.5) is 0 Å². The van der Waals surface area contributed by atoms with E-state index in [4.69, 9.17) is 0 Å². The van der Waals surface area contributed by atoms with Gasteiger partial charge in [-0.3, -0.25) is 4.99 Å². The predicted molar refractivity (Wildman–Crippen MR) is 68.1 cm³/mol. The van der Waals surface area contributed by atoms with Gasteiger partial charge >= 0.3 is 0 Å². The molecule has 0 amide bonds. The van der Waals surface area contributed by atoms with Gasteiger partial charge in [-0.1, -0.05) is 11.8 Å². The van der Waals surface area contributed by atoms with E-state index >= 15 is 0 Å². The Morgan fingerprint density at radius 1 is 1.41 bits per heavy atom. The first-order valence-electron chi connectivity index (χ1n) is 6.01. The van der Waals surface area contributed by atoms with E-state index in [1.807, 2.05) is 18.9 Å². The molecule has 1 saturated carbocycles. The fourth-order valence-corrected chi connectivity index (χ4v) is 3.82. The zero-order valence-electron chi connectivity index (χ0n) is 10.2. The fourth-order valence-electron chi connectivity index (χ4n) is 2.36. The average Bonchev–Trinajstić information content (AvgIpc) is 2.76. The van der Waals surface area contributed by atoms with E-state index in [1.165, 1.54) is 0 Å². The molecule has 98 valence electrons. The first kappa shape index (κ1) is 13.1. The van der Waals surface area contributed by atoms with Gasteiger partial charge in [-0.05, 0) is 13.3 Å². The van der Waals surface area contributed by atoms with Crippen LogP contribution < -0.4 is 0 Å². The maximum atomic E-state index is 10.0. The van der Waals surface area contributed by atoms with Crippen molar-refractivity contribution in [1.82, 2.24) is 4.90 Å². The van der Waals surface area contributed by atoms with Crippen LogP contribution in [-0.4, -0.2) is 69.1 Å². The Morgan fingerprint density at radius 3 is 2.71 bits per heavy atom. The number of hydrogen-bond donors (Lipinski definition) is 3. The lowest BCUT2D eigenvalue weighted by Gasteiger charge is -2.37. The Hall–Kier alpha value is -0.300. The zero-order chi connectivity index (χ0) is 12.6. The van der Waals surface area contributed by atoms with E-state index in [0.29, 0.717) is 6.42 Å². The van der Waals surface area contributed by atoms with Gasteiger partial charge in [0.15, 0.2) is 5.17 Å². The third kappa shape index (κ3) is 2.31. The summed E-state index contributed by atoms with van der Waals surface area (Å²) < 4.78 is 0. The van der Waals surface area contributed by atoms with Crippen molar-refractivity contribution in [1.29, 1.82) is 0 Å². The van der Waals surface area contributed by atoms with E-state index < -0.39 is 12.2 Å². The van der Waals surface area contributed by atoms with Gasteiger partial charge in [0.05, 0.1) is 12.1 Å². The molecule has 3 N–H and O–H groups in total. The number of rotatable bonds is 2. The number of aliphatic hydroxyl groups excluding tert-OH is 3. The summed E-state index contributed by atoms with van der Waals surface area (Å²) >= 11 is 1.65. The molecule has 1 fully saturated rings. The Balaban J connectivity index is 2.12. The second-order valence-corrected chi connectivity index (χ2v) is 5.94. The van der Waals surface area contributed by atoms with Gasteiger partial charge in [0.1, 0.15) is 6.10 Å². The van der Waals surface area contributed by atoms with Gasteiger partial charge in [0.25, 0.3) is 0 Å². The molecule has 1 aliphatic heterocycles. The van der Waals surface area contributed by atoms with Crippen molar-refractivity contribution >= 4 is 16.9 Å². The molecule has 2 aliphatic rings. The maximum Gasteiger partial charge on any atom is 0.159 e. The second kappa shape index (κ2) is 5.14. The minimum atomic E-state index is -0.864. The second-order valence-electron chi connectivity index (χ2n) is 4.73. The number of thioether (sulfide) groups is 1. The molecule has 5 atom stereocenters. The molecule has 0 aromatic heterocycles. The smallest absolute Gasteiger partial charge is 0.159 e. The highest BCUT2D eigenvalue weighted by Gasteiger charge is 2.47. The van der Waals surface area contributed by atoms with E-state index in [0.717, 1.165) is 11.7 Å². The van der Waals surface area contributed by atoms with Gasteiger partial charge in [-0.15, -0.1) is 0 Å². The van der Waals surface area contributed by atoms with E-state index in [9.17, 15) is 15.3 Å². The molecule has 17 heavy (non-hydrogen) atoms. The van der Waals surface area contributed by atoms with Crippen LogP contribution >= 0.6 is 11.8 Å². The topological polar surface area (TPSA) is 76.3 Å². The van der Waals surface area contributed by atoms with Gasteiger partial charge in [-0.25, -0.2) is 0 Å². The standard InChI is InChI=1S/C11H20N2O3S/c1-3-13(2)11-12-8-7(17-11)4-6(5-14)9(15)10(8)16/h6-10,14-16H,3-5H2,1-2H3/t6-,7-,8-,9-,10-/m1/s1. The van der Waals surface area contributed by atoms with Crippen molar-refractivity contribution in [2.75, 3.05) is 20.2 Å². The summed E-state index contributed by atoms with van der Waals surface area (Å²) in [6.07, 6.45) is -1.02. The molecule has 0 radical (unpaired) electrons. The Labute approximate surface area is 106 Å². The summed E-state index contributed by atoms with van der Waals surface area (Å²) in [4.78, 5) is 6.53. The maximum absolute atomic E-state index is 10.0. The molecular formula is C11H20N2O3S. The normalized spacial score (nSPS) is 41.0. The third-order valence-corrected chi connectivity index (χ3v) is 5.05. The molecule has 5 nitrogen and oxygen atoms in total. The highest BCUT2D eigenvalue weighted by molar-refractivity contribution is 8.14. The SMILES string of the molecule is CCN(C)C1=N[C@H]2[C@@H](O)[C@H](O)[C@@H](CO)C[C@H]2S1. The fraction of sp³-hybridized carbons (Fsp3) is 0.909. The largest absolute Gasteiger partial charge is 0.396 e. The number of amidine groups is 1. The van der Waals surface area contributed by atoms with Crippen LogP contribution in [0.3, 0.4) is 0 Å². The molecule has 0 spiro atoms. The number of fused-ring (bicyclic) bond motifs is 1. The van der Waals surface area contributed by atoms with Crippen LogP contribution in [0.15, 0.2) is 4.99 Å². The minimum Gasteiger partial charge on any atom is -0.396 e. The summed E-state index contributed by atoms with van der Waals surface area (Å²) in [7, 11) is 1.97.